The summed E-state index contributed by atoms with van der Waals surface area (Å²) in [5.41, 5.74) is 7.50. The molecule has 3 rings (SSSR count). The number of nitrogens with two attached hydrogens (primary N) is 1. The summed E-state index contributed by atoms with van der Waals surface area (Å²) in [6, 6.07) is 9.02. The van der Waals surface area contributed by atoms with Gasteiger partial charge in [0.05, 0.1) is 32.3 Å². The van der Waals surface area contributed by atoms with Gasteiger partial charge in [-0.3, -0.25) is 4.79 Å². The zero-order valence-electron chi connectivity index (χ0n) is 17.3. The molecule has 3 N–H and O–H groups in total. The number of aromatic nitrogens is 1. The third-order valence-corrected chi connectivity index (χ3v) is 5.15. The molecule has 0 saturated heterocycles. The molecule has 1 aromatic heterocycles. The molecule has 0 amide bonds. The molecule has 1 aliphatic heterocycles. The van der Waals surface area contributed by atoms with E-state index in [1.807, 2.05) is 6.92 Å². The monoisotopic (exact) mass is 411 g/mol. The number of nitriles is 1. The van der Waals surface area contributed by atoms with Gasteiger partial charge >= 0.3 is 0 Å². The minimum atomic E-state index is -0.771. The van der Waals surface area contributed by atoms with Gasteiger partial charge < -0.3 is 29.6 Å². The number of hydrogen-bond acceptors (Lipinski definition) is 7. The molecule has 8 nitrogen and oxygen atoms in total. The van der Waals surface area contributed by atoms with Crippen LogP contribution < -0.4 is 25.5 Å². The summed E-state index contributed by atoms with van der Waals surface area (Å²) in [6.45, 7) is 1.96. The second-order valence-corrected chi connectivity index (χ2v) is 6.88. The van der Waals surface area contributed by atoms with E-state index in [-0.39, 0.29) is 35.7 Å². The third-order valence-electron chi connectivity index (χ3n) is 5.15. The third kappa shape index (κ3) is 3.60. The molecular formula is C22H25N3O5. The molecular weight excluding hydrogens is 386 g/mol. The molecule has 8 heteroatoms. The van der Waals surface area contributed by atoms with Gasteiger partial charge in [0.2, 0.25) is 5.88 Å². The molecule has 0 spiro atoms. The fourth-order valence-electron chi connectivity index (χ4n) is 3.79. The Labute approximate surface area is 174 Å². The second kappa shape index (κ2) is 8.93. The van der Waals surface area contributed by atoms with E-state index in [1.165, 1.54) is 11.7 Å². The van der Waals surface area contributed by atoms with E-state index >= 15 is 0 Å². The standard InChI is InChI=1S/C22H25N3O5/c1-4-5-13-10-18-20(22(27)25(13)8-9-26)19(16(12-23)21(24)30-18)15-7-6-14(28-2)11-17(15)29-3/h6-7,10-11,19,26H,4-5,8-9,24H2,1-3H3. The number of aryl methyl sites for hydroxylation is 1. The van der Waals surface area contributed by atoms with Crippen molar-refractivity contribution in [3.05, 3.63) is 62.9 Å². The number of methoxy groups -OCH3 is 2. The van der Waals surface area contributed by atoms with Crippen LogP contribution in [-0.2, 0) is 13.0 Å². The summed E-state index contributed by atoms with van der Waals surface area (Å²) in [6.07, 6.45) is 1.45. The lowest BCUT2D eigenvalue weighted by Crippen LogP contribution is -2.34. The molecule has 0 bridgehead atoms. The van der Waals surface area contributed by atoms with Crippen molar-refractivity contribution in [2.24, 2.45) is 5.73 Å². The zero-order valence-corrected chi connectivity index (χ0v) is 17.3. The van der Waals surface area contributed by atoms with Crippen molar-refractivity contribution in [3.63, 3.8) is 0 Å². The van der Waals surface area contributed by atoms with Crippen LogP contribution in [-0.4, -0.2) is 30.5 Å². The minimum Gasteiger partial charge on any atom is -0.497 e. The zero-order chi connectivity index (χ0) is 21.8. The van der Waals surface area contributed by atoms with Crippen LogP contribution in [0.15, 0.2) is 40.5 Å². The average Bonchev–Trinajstić information content (AvgIpc) is 2.75. The maximum absolute atomic E-state index is 13.5. The van der Waals surface area contributed by atoms with Crippen molar-refractivity contribution in [3.8, 4) is 23.3 Å². The van der Waals surface area contributed by atoms with Crippen molar-refractivity contribution in [1.82, 2.24) is 4.57 Å². The van der Waals surface area contributed by atoms with Gasteiger partial charge in [0, 0.05) is 29.9 Å². The molecule has 0 radical (unpaired) electrons. The Bertz CT molecular complexity index is 1080. The highest BCUT2D eigenvalue weighted by molar-refractivity contribution is 5.59. The first-order chi connectivity index (χ1) is 14.5. The predicted molar refractivity (Wildman–Crippen MR) is 111 cm³/mol. The molecule has 1 unspecified atom stereocenters. The smallest absolute Gasteiger partial charge is 0.258 e. The Morgan fingerprint density at radius 1 is 1.30 bits per heavy atom. The summed E-state index contributed by atoms with van der Waals surface area (Å²) >= 11 is 0. The lowest BCUT2D eigenvalue weighted by atomic mass is 9.83. The van der Waals surface area contributed by atoms with Gasteiger partial charge in [0.25, 0.3) is 5.56 Å². The number of hydrogen-bond donors (Lipinski definition) is 2. The van der Waals surface area contributed by atoms with Crippen molar-refractivity contribution in [1.29, 1.82) is 5.26 Å². The van der Waals surface area contributed by atoms with E-state index in [4.69, 9.17) is 19.9 Å². The van der Waals surface area contributed by atoms with Gasteiger partial charge in [-0.2, -0.15) is 5.26 Å². The summed E-state index contributed by atoms with van der Waals surface area (Å²) < 4.78 is 18.0. The number of rotatable bonds is 7. The van der Waals surface area contributed by atoms with Crippen LogP contribution in [0.25, 0.3) is 0 Å². The van der Waals surface area contributed by atoms with E-state index in [1.54, 1.807) is 31.4 Å². The summed E-state index contributed by atoms with van der Waals surface area (Å²) in [7, 11) is 3.05. The number of nitrogens with zero attached hydrogens (tertiary/aromatic N) is 2. The summed E-state index contributed by atoms with van der Waals surface area (Å²) in [4.78, 5) is 13.5. The van der Waals surface area contributed by atoms with Crippen LogP contribution in [0, 0.1) is 11.3 Å². The maximum Gasteiger partial charge on any atom is 0.258 e. The van der Waals surface area contributed by atoms with Gasteiger partial charge in [-0.05, 0) is 12.5 Å². The molecule has 158 valence electrons. The maximum atomic E-state index is 13.5. The molecule has 1 aliphatic rings. The predicted octanol–water partition coefficient (Wildman–Crippen LogP) is 2.03. The summed E-state index contributed by atoms with van der Waals surface area (Å²) in [5, 5.41) is 19.3. The Hall–Kier alpha value is -3.44. The normalized spacial score (nSPS) is 15.2. The van der Waals surface area contributed by atoms with Crippen LogP contribution in [0.5, 0.6) is 17.2 Å². The van der Waals surface area contributed by atoms with Crippen LogP contribution >= 0.6 is 0 Å². The second-order valence-electron chi connectivity index (χ2n) is 6.88. The molecule has 30 heavy (non-hydrogen) atoms. The molecule has 2 heterocycles. The van der Waals surface area contributed by atoms with E-state index in [9.17, 15) is 15.2 Å². The van der Waals surface area contributed by atoms with Crippen LogP contribution in [0.3, 0.4) is 0 Å². The quantitative estimate of drug-likeness (QED) is 0.715. The Kier molecular flexibility index (Phi) is 6.33. The van der Waals surface area contributed by atoms with E-state index in [2.05, 4.69) is 6.07 Å². The molecule has 0 aliphatic carbocycles. The van der Waals surface area contributed by atoms with Gasteiger partial charge in [0.15, 0.2) is 0 Å². The largest absolute Gasteiger partial charge is 0.497 e. The Morgan fingerprint density at radius 3 is 2.67 bits per heavy atom. The molecule has 2 aromatic rings. The van der Waals surface area contributed by atoms with Crippen molar-refractivity contribution < 1.29 is 19.3 Å². The van der Waals surface area contributed by atoms with Crippen LogP contribution in [0.4, 0.5) is 0 Å². The minimum absolute atomic E-state index is 0.0466. The highest BCUT2D eigenvalue weighted by atomic mass is 16.5. The van der Waals surface area contributed by atoms with Crippen molar-refractivity contribution in [2.75, 3.05) is 20.8 Å². The first-order valence-corrected chi connectivity index (χ1v) is 9.67. The van der Waals surface area contributed by atoms with Gasteiger partial charge in [-0.15, -0.1) is 0 Å². The number of ether oxygens (including phenoxy) is 3. The number of allylic oxidation sites excluding steroid dienone is 1. The first kappa shape index (κ1) is 21.3. The van der Waals surface area contributed by atoms with Crippen molar-refractivity contribution >= 4 is 0 Å². The van der Waals surface area contributed by atoms with Gasteiger partial charge in [0.1, 0.15) is 28.9 Å². The van der Waals surface area contributed by atoms with E-state index in [0.717, 1.165) is 12.1 Å². The molecule has 0 saturated carbocycles. The molecule has 1 aromatic carbocycles. The van der Waals surface area contributed by atoms with E-state index < -0.39 is 5.92 Å². The Morgan fingerprint density at radius 2 is 2.07 bits per heavy atom. The Balaban J connectivity index is 2.33. The first-order valence-electron chi connectivity index (χ1n) is 9.67. The lowest BCUT2D eigenvalue weighted by molar-refractivity contribution is 0.271. The van der Waals surface area contributed by atoms with Gasteiger partial charge in [-0.1, -0.05) is 19.4 Å². The average molecular weight is 411 g/mol. The fourth-order valence-corrected chi connectivity index (χ4v) is 3.79. The number of aliphatic hydroxyl groups excluding tert-OH is 1. The number of fused-ring (bicyclic) bond motifs is 1. The SMILES string of the molecule is CCCc1cc2c(c(=O)n1CCO)C(c1ccc(OC)cc1OC)C(C#N)=C(N)O2. The molecule has 1 atom stereocenters. The van der Waals surface area contributed by atoms with Crippen LogP contribution in [0.2, 0.25) is 0 Å². The topological polar surface area (TPSA) is 120 Å². The van der Waals surface area contributed by atoms with E-state index in [0.29, 0.717) is 29.2 Å². The number of pyridine rings is 1. The van der Waals surface area contributed by atoms with Gasteiger partial charge in [-0.25, -0.2) is 0 Å². The number of benzene rings is 1. The van der Waals surface area contributed by atoms with Crippen LogP contribution in [0.1, 0.15) is 36.1 Å². The number of aliphatic hydroxyl groups is 1. The molecule has 0 fully saturated rings. The highest BCUT2D eigenvalue weighted by Crippen LogP contribution is 2.44. The highest BCUT2D eigenvalue weighted by Gasteiger charge is 2.36. The lowest BCUT2D eigenvalue weighted by Gasteiger charge is -2.28. The fraction of sp³-hybridized carbons (Fsp3) is 0.364. The summed E-state index contributed by atoms with van der Waals surface area (Å²) in [5.74, 6) is 0.534. The van der Waals surface area contributed by atoms with Crippen molar-refractivity contribution in [2.45, 2.75) is 32.2 Å².